The van der Waals surface area contributed by atoms with E-state index in [4.69, 9.17) is 9.84 Å². The van der Waals surface area contributed by atoms with Crippen LogP contribution < -0.4 is 20.7 Å². The molecular weight excluding hydrogens is 524 g/mol. The topological polar surface area (TPSA) is 133 Å². The van der Waals surface area contributed by atoms with Crippen LogP contribution in [0.1, 0.15) is 33.7 Å². The minimum atomic E-state index is -1.14. The van der Waals surface area contributed by atoms with E-state index < -0.39 is 18.4 Å². The number of aromatic nitrogens is 1. The Morgan fingerprint density at radius 3 is 2.50 bits per heavy atom. The molecule has 30 heavy (non-hydrogen) atoms. The van der Waals surface area contributed by atoms with Gasteiger partial charge >= 0.3 is 5.97 Å². The summed E-state index contributed by atoms with van der Waals surface area (Å²) in [7, 11) is 0. The predicted octanol–water partition coefficient (Wildman–Crippen LogP) is 2.74. The quantitative estimate of drug-likeness (QED) is 0.365. The minimum Gasteiger partial charge on any atom is -0.488 e. The van der Waals surface area contributed by atoms with E-state index in [9.17, 15) is 14.4 Å². The van der Waals surface area contributed by atoms with Gasteiger partial charge in [-0.1, -0.05) is 0 Å². The number of amides is 2. The van der Waals surface area contributed by atoms with Crippen molar-refractivity contribution in [2.45, 2.75) is 18.9 Å². The normalized spacial score (nSPS) is 14.2. The van der Waals surface area contributed by atoms with Crippen LogP contribution in [0, 0.1) is 0 Å². The Hall–Kier alpha value is -2.37. The summed E-state index contributed by atoms with van der Waals surface area (Å²) in [4.78, 5) is 38.5. The molecule has 0 bridgehead atoms. The molecule has 9 nitrogen and oxygen atoms in total. The van der Waals surface area contributed by atoms with Crippen molar-refractivity contribution in [2.75, 3.05) is 25.0 Å². The predicted molar refractivity (Wildman–Crippen MR) is 117 cm³/mol. The third kappa shape index (κ3) is 5.83. The van der Waals surface area contributed by atoms with Crippen molar-refractivity contribution in [3.8, 4) is 5.75 Å². The first kappa shape index (κ1) is 22.3. The second-order valence-corrected chi connectivity index (χ2v) is 8.30. The molecule has 2 amide bonds. The summed E-state index contributed by atoms with van der Waals surface area (Å²) in [5.41, 5.74) is 0.989. The lowest BCUT2D eigenvalue weighted by atomic mass is 10.1. The van der Waals surface area contributed by atoms with Crippen LogP contribution in [0.4, 0.5) is 5.69 Å². The highest BCUT2D eigenvalue weighted by molar-refractivity contribution is 9.13. The number of hydrogen-bond acceptors (Lipinski definition) is 5. The SMILES string of the molecule is O=C(O)CNC(=O)c1ccc(NC(=O)c2cc(Br)c(Br)[nH]2)c(OC2CCNCC2)c1. The van der Waals surface area contributed by atoms with Crippen LogP contribution >= 0.6 is 31.9 Å². The van der Waals surface area contributed by atoms with Gasteiger partial charge in [0.25, 0.3) is 11.8 Å². The van der Waals surface area contributed by atoms with Gasteiger partial charge in [-0.3, -0.25) is 14.4 Å². The molecule has 160 valence electrons. The van der Waals surface area contributed by atoms with Crippen LogP contribution in [-0.2, 0) is 4.79 Å². The Morgan fingerprint density at radius 1 is 1.13 bits per heavy atom. The minimum absolute atomic E-state index is 0.0620. The fourth-order valence-corrected chi connectivity index (χ4v) is 3.59. The molecule has 2 aromatic rings. The maximum atomic E-state index is 12.6. The average Bonchev–Trinajstić information content (AvgIpc) is 3.07. The number of aliphatic carboxylic acids is 1. The summed E-state index contributed by atoms with van der Waals surface area (Å²) in [6, 6.07) is 6.22. The van der Waals surface area contributed by atoms with Crippen LogP contribution in [0.3, 0.4) is 0 Å². The van der Waals surface area contributed by atoms with Gasteiger partial charge in [-0.15, -0.1) is 0 Å². The molecule has 1 aliphatic heterocycles. The molecule has 1 aromatic heterocycles. The van der Waals surface area contributed by atoms with Crippen LogP contribution in [0.15, 0.2) is 33.3 Å². The number of anilines is 1. The molecule has 2 heterocycles. The van der Waals surface area contributed by atoms with Crippen LogP contribution in [0.25, 0.3) is 0 Å². The zero-order valence-corrected chi connectivity index (χ0v) is 18.9. The lowest BCUT2D eigenvalue weighted by Gasteiger charge is -2.25. The number of aromatic amines is 1. The van der Waals surface area contributed by atoms with E-state index in [-0.39, 0.29) is 17.6 Å². The summed E-state index contributed by atoms with van der Waals surface area (Å²) >= 11 is 6.63. The van der Waals surface area contributed by atoms with Gasteiger partial charge in [-0.2, -0.15) is 0 Å². The number of piperidine rings is 1. The molecule has 0 saturated carbocycles. The van der Waals surface area contributed by atoms with Gasteiger partial charge in [0.05, 0.1) is 14.8 Å². The number of rotatable bonds is 7. The fraction of sp³-hybridized carbons (Fsp3) is 0.316. The number of nitrogens with one attached hydrogen (secondary N) is 4. The Labute approximate surface area is 189 Å². The zero-order valence-electron chi connectivity index (χ0n) is 15.8. The third-order valence-corrected chi connectivity index (χ3v) is 6.22. The van der Waals surface area contributed by atoms with Gasteiger partial charge in [0, 0.05) is 5.56 Å². The smallest absolute Gasteiger partial charge is 0.322 e. The lowest BCUT2D eigenvalue weighted by molar-refractivity contribution is -0.135. The average molecular weight is 544 g/mol. The number of hydrogen-bond donors (Lipinski definition) is 5. The van der Waals surface area contributed by atoms with Gasteiger partial charge < -0.3 is 30.8 Å². The molecule has 1 saturated heterocycles. The molecule has 1 fully saturated rings. The van der Waals surface area contributed by atoms with Crippen molar-refractivity contribution >= 4 is 55.3 Å². The number of H-pyrrole nitrogens is 1. The Balaban J connectivity index is 1.83. The molecule has 1 aliphatic rings. The summed E-state index contributed by atoms with van der Waals surface area (Å²) in [6.07, 6.45) is 1.52. The van der Waals surface area contributed by atoms with Gasteiger partial charge in [0.2, 0.25) is 0 Å². The molecule has 3 rings (SSSR count). The highest BCUT2D eigenvalue weighted by atomic mass is 79.9. The zero-order chi connectivity index (χ0) is 21.7. The number of carboxylic acid groups (broad SMARTS) is 1. The maximum absolute atomic E-state index is 12.6. The number of halogens is 2. The lowest BCUT2D eigenvalue weighted by Crippen LogP contribution is -2.34. The number of carbonyl (C=O) groups is 3. The van der Waals surface area contributed by atoms with E-state index in [2.05, 4.69) is 52.8 Å². The second kappa shape index (κ2) is 10.1. The highest BCUT2D eigenvalue weighted by Crippen LogP contribution is 2.30. The van der Waals surface area contributed by atoms with E-state index in [0.717, 1.165) is 25.9 Å². The van der Waals surface area contributed by atoms with E-state index in [1.54, 1.807) is 12.1 Å². The largest absolute Gasteiger partial charge is 0.488 e. The third-order valence-electron chi connectivity index (χ3n) is 4.44. The number of benzene rings is 1. The van der Waals surface area contributed by atoms with Crippen LogP contribution in [-0.4, -0.2) is 53.6 Å². The number of carbonyl (C=O) groups excluding carboxylic acids is 2. The van der Waals surface area contributed by atoms with Crippen LogP contribution in [0.5, 0.6) is 5.75 Å². The first-order valence-corrected chi connectivity index (χ1v) is 10.8. The summed E-state index contributed by atoms with van der Waals surface area (Å²) in [6.45, 7) is 1.14. The van der Waals surface area contributed by atoms with Crippen molar-refractivity contribution in [1.29, 1.82) is 0 Å². The first-order valence-electron chi connectivity index (χ1n) is 9.20. The van der Waals surface area contributed by atoms with Gasteiger partial charge in [-0.25, -0.2) is 0 Å². The molecule has 0 radical (unpaired) electrons. The molecule has 0 spiro atoms. The molecule has 1 aromatic carbocycles. The second-order valence-electron chi connectivity index (χ2n) is 6.65. The highest BCUT2D eigenvalue weighted by Gasteiger charge is 2.20. The molecule has 0 atom stereocenters. The summed E-state index contributed by atoms with van der Waals surface area (Å²) in [5.74, 6) is -1.70. The van der Waals surface area contributed by atoms with Crippen LogP contribution in [0.2, 0.25) is 0 Å². The van der Waals surface area contributed by atoms with E-state index in [1.165, 1.54) is 12.1 Å². The van der Waals surface area contributed by atoms with Gasteiger partial charge in [0.1, 0.15) is 24.1 Å². The monoisotopic (exact) mass is 542 g/mol. The molecule has 5 N–H and O–H groups in total. The standard InChI is InChI=1S/C19H20Br2N4O5/c20-12-8-14(24-17(12)21)19(29)25-13-2-1-10(18(28)23-9-16(26)27)7-15(13)30-11-3-5-22-6-4-11/h1-2,7-8,11,22,24H,3-6,9H2,(H,23,28)(H,25,29)(H,26,27). The van der Waals surface area contributed by atoms with Crippen molar-refractivity contribution in [3.63, 3.8) is 0 Å². The first-order chi connectivity index (χ1) is 14.3. The van der Waals surface area contributed by atoms with E-state index in [1.807, 2.05) is 0 Å². The van der Waals surface area contributed by atoms with Crippen molar-refractivity contribution in [1.82, 2.24) is 15.6 Å². The Morgan fingerprint density at radius 2 is 1.87 bits per heavy atom. The number of carboxylic acids is 1. The van der Waals surface area contributed by atoms with E-state index >= 15 is 0 Å². The maximum Gasteiger partial charge on any atom is 0.322 e. The molecule has 0 aliphatic carbocycles. The number of ether oxygens (including phenoxy) is 1. The molecular formula is C19H20Br2N4O5. The van der Waals surface area contributed by atoms with E-state index in [0.29, 0.717) is 26.2 Å². The Bertz CT molecular complexity index is 937. The molecule has 11 heteroatoms. The molecule has 0 unspecified atom stereocenters. The summed E-state index contributed by atoms with van der Waals surface area (Å²) in [5, 5.41) is 17.1. The van der Waals surface area contributed by atoms with Crippen molar-refractivity contribution in [2.24, 2.45) is 0 Å². The van der Waals surface area contributed by atoms with Gasteiger partial charge in [0.15, 0.2) is 0 Å². The van der Waals surface area contributed by atoms with Gasteiger partial charge in [-0.05, 0) is 82.1 Å². The summed E-state index contributed by atoms with van der Waals surface area (Å²) < 4.78 is 7.44. The van der Waals surface area contributed by atoms with Crippen molar-refractivity contribution < 1.29 is 24.2 Å². The fourth-order valence-electron chi connectivity index (χ4n) is 2.93. The van der Waals surface area contributed by atoms with Crippen molar-refractivity contribution in [3.05, 3.63) is 44.6 Å². The Kier molecular flexibility index (Phi) is 7.51.